The van der Waals surface area contributed by atoms with Crippen LogP contribution >= 0.6 is 0 Å². The highest BCUT2D eigenvalue weighted by molar-refractivity contribution is 5.91. The molecule has 2 aromatic heterocycles. The summed E-state index contributed by atoms with van der Waals surface area (Å²) >= 11 is 0. The molecule has 7 nitrogen and oxygen atoms in total. The minimum absolute atomic E-state index is 0.000498. The van der Waals surface area contributed by atoms with Gasteiger partial charge in [0.05, 0.1) is 24.3 Å². The molecule has 2 aliphatic rings. The second-order valence-electron chi connectivity index (χ2n) is 5.81. The first-order valence-corrected chi connectivity index (χ1v) is 7.48. The number of nitrogens with zero attached hydrogens (tertiary/aromatic N) is 3. The molecule has 0 saturated carbocycles. The van der Waals surface area contributed by atoms with Crippen LogP contribution in [0, 0.1) is 6.92 Å². The van der Waals surface area contributed by atoms with Crippen molar-refractivity contribution in [2.45, 2.75) is 37.8 Å². The fraction of sp³-hybridized carbons (Fsp3) is 0.533. The van der Waals surface area contributed by atoms with E-state index in [0.29, 0.717) is 30.6 Å². The van der Waals surface area contributed by atoms with E-state index >= 15 is 0 Å². The zero-order valence-electron chi connectivity index (χ0n) is 12.3. The summed E-state index contributed by atoms with van der Waals surface area (Å²) in [5, 5.41) is 3.85. The van der Waals surface area contributed by atoms with Crippen LogP contribution in [0.15, 0.2) is 27.3 Å². The molecule has 116 valence electrons. The summed E-state index contributed by atoms with van der Waals surface area (Å²) in [6.07, 6.45) is 3.18. The Kier molecular flexibility index (Phi) is 3.22. The Morgan fingerprint density at radius 3 is 3.09 bits per heavy atom. The lowest BCUT2D eigenvalue weighted by molar-refractivity contribution is 0.0109. The first-order chi connectivity index (χ1) is 10.7. The molecule has 0 radical (unpaired) electrons. The van der Waals surface area contributed by atoms with Crippen LogP contribution in [0.2, 0.25) is 0 Å². The summed E-state index contributed by atoms with van der Waals surface area (Å²) in [7, 11) is 0. The van der Waals surface area contributed by atoms with Gasteiger partial charge in [0.15, 0.2) is 11.6 Å². The monoisotopic (exact) mass is 303 g/mol. The van der Waals surface area contributed by atoms with Crippen molar-refractivity contribution in [3.8, 4) is 0 Å². The van der Waals surface area contributed by atoms with Crippen molar-refractivity contribution < 1.29 is 18.5 Å². The lowest BCUT2D eigenvalue weighted by atomic mass is 9.89. The molecular formula is C15H17N3O4. The molecule has 3 atom stereocenters. The zero-order valence-corrected chi connectivity index (χ0v) is 12.3. The van der Waals surface area contributed by atoms with Crippen LogP contribution in [0.5, 0.6) is 0 Å². The second kappa shape index (κ2) is 5.24. The van der Waals surface area contributed by atoms with Crippen molar-refractivity contribution in [2.24, 2.45) is 0 Å². The first-order valence-electron chi connectivity index (χ1n) is 7.48. The third kappa shape index (κ3) is 2.21. The maximum absolute atomic E-state index is 12.7. The van der Waals surface area contributed by atoms with E-state index in [-0.39, 0.29) is 24.0 Å². The second-order valence-corrected chi connectivity index (χ2v) is 5.81. The highest BCUT2D eigenvalue weighted by atomic mass is 16.5. The molecule has 2 aromatic rings. The van der Waals surface area contributed by atoms with Gasteiger partial charge >= 0.3 is 0 Å². The molecule has 0 unspecified atom stereocenters. The Morgan fingerprint density at radius 1 is 1.45 bits per heavy atom. The minimum atomic E-state index is -0.105. The van der Waals surface area contributed by atoms with Crippen molar-refractivity contribution in [2.75, 3.05) is 13.2 Å². The summed E-state index contributed by atoms with van der Waals surface area (Å²) < 4.78 is 16.4. The molecule has 2 saturated heterocycles. The van der Waals surface area contributed by atoms with Crippen LogP contribution < -0.4 is 0 Å². The van der Waals surface area contributed by atoms with E-state index in [2.05, 4.69) is 10.1 Å². The number of aryl methyl sites for hydroxylation is 1. The van der Waals surface area contributed by atoms with Gasteiger partial charge in [-0.2, -0.15) is 4.98 Å². The van der Waals surface area contributed by atoms with Gasteiger partial charge in [-0.25, -0.2) is 0 Å². The number of carbonyl (C=O) groups excluding carboxylic acids is 1. The lowest BCUT2D eigenvalue weighted by Gasteiger charge is -2.39. The van der Waals surface area contributed by atoms with Crippen LogP contribution in [0.1, 0.15) is 41.0 Å². The molecule has 0 bridgehead atoms. The SMILES string of the molecule is Cc1noc([C@H]2C[C@@H]3OCC[C@@H]3N(C(=O)c3ccco3)C2)n1. The van der Waals surface area contributed by atoms with Gasteiger partial charge < -0.3 is 18.6 Å². The van der Waals surface area contributed by atoms with E-state index in [0.717, 1.165) is 12.8 Å². The Hall–Kier alpha value is -2.15. The first kappa shape index (κ1) is 13.5. The summed E-state index contributed by atoms with van der Waals surface area (Å²) in [5.74, 6) is 1.43. The average Bonchev–Trinajstić information content (AvgIpc) is 3.26. The van der Waals surface area contributed by atoms with Gasteiger partial charge in [0.25, 0.3) is 5.91 Å². The number of amides is 1. The van der Waals surface area contributed by atoms with Gasteiger partial charge in [0, 0.05) is 13.2 Å². The summed E-state index contributed by atoms with van der Waals surface area (Å²) in [6.45, 7) is 3.01. The summed E-state index contributed by atoms with van der Waals surface area (Å²) in [6, 6.07) is 3.50. The predicted octanol–water partition coefficient (Wildman–Crippen LogP) is 1.76. The highest BCUT2D eigenvalue weighted by Gasteiger charge is 2.44. The Morgan fingerprint density at radius 2 is 2.36 bits per heavy atom. The summed E-state index contributed by atoms with van der Waals surface area (Å²) in [5.41, 5.74) is 0. The normalized spacial score (nSPS) is 27.9. The fourth-order valence-corrected chi connectivity index (χ4v) is 3.38. The van der Waals surface area contributed by atoms with E-state index in [1.165, 1.54) is 6.26 Å². The molecule has 0 spiro atoms. The number of hydrogen-bond acceptors (Lipinski definition) is 6. The highest BCUT2D eigenvalue weighted by Crippen LogP contribution is 2.36. The standard InChI is InChI=1S/C15H17N3O4/c1-9-16-14(22-17-9)10-7-13-11(4-6-21-13)18(8-10)15(19)12-3-2-5-20-12/h2-3,5,10-11,13H,4,6-8H2,1H3/t10-,11-,13-/m0/s1. The average molecular weight is 303 g/mol. The fourth-order valence-electron chi connectivity index (χ4n) is 3.38. The predicted molar refractivity (Wildman–Crippen MR) is 74.3 cm³/mol. The number of rotatable bonds is 2. The van der Waals surface area contributed by atoms with Crippen molar-refractivity contribution >= 4 is 5.91 Å². The van der Waals surface area contributed by atoms with E-state index in [9.17, 15) is 4.79 Å². The number of furan rings is 1. The molecule has 0 aliphatic carbocycles. The van der Waals surface area contributed by atoms with Crippen LogP contribution in [0.3, 0.4) is 0 Å². The van der Waals surface area contributed by atoms with Gasteiger partial charge in [-0.05, 0) is 31.9 Å². The molecular weight excluding hydrogens is 286 g/mol. The number of piperidine rings is 1. The number of ether oxygens (including phenoxy) is 1. The largest absolute Gasteiger partial charge is 0.459 e. The van der Waals surface area contributed by atoms with Crippen molar-refractivity contribution in [1.29, 1.82) is 0 Å². The molecule has 0 aromatic carbocycles. The molecule has 0 N–H and O–H groups in total. The van der Waals surface area contributed by atoms with Crippen molar-refractivity contribution in [3.05, 3.63) is 35.9 Å². The van der Waals surface area contributed by atoms with Gasteiger partial charge in [0.2, 0.25) is 5.89 Å². The van der Waals surface area contributed by atoms with Crippen LogP contribution in [-0.2, 0) is 4.74 Å². The molecule has 2 fully saturated rings. The number of hydrogen-bond donors (Lipinski definition) is 0. The smallest absolute Gasteiger partial charge is 0.289 e. The lowest BCUT2D eigenvalue weighted by Crippen LogP contribution is -2.51. The molecule has 7 heteroatoms. The van der Waals surface area contributed by atoms with Crippen molar-refractivity contribution in [1.82, 2.24) is 15.0 Å². The Labute approximate surface area is 127 Å². The van der Waals surface area contributed by atoms with Gasteiger partial charge in [0.1, 0.15) is 0 Å². The number of fused-ring (bicyclic) bond motifs is 1. The van der Waals surface area contributed by atoms with E-state index in [1.807, 2.05) is 4.90 Å². The minimum Gasteiger partial charge on any atom is -0.459 e. The number of likely N-dealkylation sites (tertiary alicyclic amines) is 1. The van der Waals surface area contributed by atoms with Gasteiger partial charge in [-0.15, -0.1) is 0 Å². The third-order valence-electron chi connectivity index (χ3n) is 4.39. The van der Waals surface area contributed by atoms with Crippen LogP contribution in [-0.4, -0.2) is 46.2 Å². The maximum Gasteiger partial charge on any atom is 0.289 e. The summed E-state index contributed by atoms with van der Waals surface area (Å²) in [4.78, 5) is 18.8. The topological polar surface area (TPSA) is 81.6 Å². The van der Waals surface area contributed by atoms with E-state index in [4.69, 9.17) is 13.7 Å². The Balaban J connectivity index is 1.62. The van der Waals surface area contributed by atoms with Crippen LogP contribution in [0.4, 0.5) is 0 Å². The van der Waals surface area contributed by atoms with Crippen LogP contribution in [0.25, 0.3) is 0 Å². The molecule has 22 heavy (non-hydrogen) atoms. The molecule has 2 aliphatic heterocycles. The third-order valence-corrected chi connectivity index (χ3v) is 4.39. The van der Waals surface area contributed by atoms with Gasteiger partial charge in [-0.3, -0.25) is 4.79 Å². The number of carbonyl (C=O) groups is 1. The number of aromatic nitrogens is 2. The molecule has 1 amide bonds. The van der Waals surface area contributed by atoms with E-state index in [1.54, 1.807) is 19.1 Å². The Bertz CT molecular complexity index is 666. The van der Waals surface area contributed by atoms with Crippen molar-refractivity contribution in [3.63, 3.8) is 0 Å². The maximum atomic E-state index is 12.7. The zero-order chi connectivity index (χ0) is 15.1. The van der Waals surface area contributed by atoms with Gasteiger partial charge in [-0.1, -0.05) is 5.16 Å². The molecule has 4 rings (SSSR count). The van der Waals surface area contributed by atoms with E-state index < -0.39 is 0 Å². The molecule has 4 heterocycles. The quantitative estimate of drug-likeness (QED) is 0.841.